The molecule has 0 amide bonds. The fraction of sp³-hybridized carbons (Fsp3) is 0.500. The smallest absolute Gasteiger partial charge is 0.333 e. The van der Waals surface area contributed by atoms with E-state index in [1.807, 2.05) is 19.9 Å². The van der Waals surface area contributed by atoms with Crippen LogP contribution in [0.5, 0.6) is 0 Å². The van der Waals surface area contributed by atoms with Crippen molar-refractivity contribution in [3.05, 3.63) is 24.3 Å². The van der Waals surface area contributed by atoms with Gasteiger partial charge in [0, 0.05) is 5.57 Å². The molecule has 68 valence electrons. The summed E-state index contributed by atoms with van der Waals surface area (Å²) in [4.78, 5) is 11.1. The Morgan fingerprint density at radius 2 is 2.17 bits per heavy atom. The molecule has 0 aliphatic rings. The maximum absolute atomic E-state index is 11.1. The second-order valence-corrected chi connectivity index (χ2v) is 2.92. The van der Waals surface area contributed by atoms with Gasteiger partial charge in [-0.05, 0) is 12.3 Å². The highest BCUT2D eigenvalue weighted by Crippen LogP contribution is 2.08. The first-order chi connectivity index (χ1) is 5.61. The van der Waals surface area contributed by atoms with Crippen LogP contribution in [0.25, 0.3) is 0 Å². The average molecular weight is 168 g/mol. The van der Waals surface area contributed by atoms with Crippen molar-refractivity contribution in [2.45, 2.75) is 20.3 Å². The molecule has 0 aliphatic carbocycles. The summed E-state index contributed by atoms with van der Waals surface area (Å²) in [7, 11) is 1.39. The van der Waals surface area contributed by atoms with Crippen molar-refractivity contribution in [1.29, 1.82) is 0 Å². The van der Waals surface area contributed by atoms with Crippen molar-refractivity contribution >= 4 is 5.97 Å². The zero-order chi connectivity index (χ0) is 9.56. The lowest BCUT2D eigenvalue weighted by atomic mass is 10.1. The summed E-state index contributed by atoms with van der Waals surface area (Å²) in [6.45, 7) is 7.62. The second kappa shape index (κ2) is 5.58. The van der Waals surface area contributed by atoms with Gasteiger partial charge in [-0.1, -0.05) is 26.0 Å². The van der Waals surface area contributed by atoms with Crippen LogP contribution < -0.4 is 0 Å². The van der Waals surface area contributed by atoms with E-state index in [0.717, 1.165) is 0 Å². The molecular weight excluding hydrogens is 152 g/mol. The van der Waals surface area contributed by atoms with E-state index in [4.69, 9.17) is 0 Å². The molecule has 0 aromatic heterocycles. The summed E-state index contributed by atoms with van der Waals surface area (Å²) in [6, 6.07) is 0. The fourth-order valence-electron chi connectivity index (χ4n) is 0.908. The first kappa shape index (κ1) is 11.0. The molecule has 0 heterocycles. The molecule has 0 radical (unpaired) electrons. The van der Waals surface area contributed by atoms with Crippen LogP contribution in [0.1, 0.15) is 20.3 Å². The number of allylic oxidation sites excluding steroid dienone is 2. The summed E-state index contributed by atoms with van der Waals surface area (Å²) in [5, 5.41) is 0. The molecule has 0 fully saturated rings. The van der Waals surface area contributed by atoms with Gasteiger partial charge in [-0.25, -0.2) is 4.79 Å². The van der Waals surface area contributed by atoms with E-state index in [1.165, 1.54) is 7.11 Å². The van der Waals surface area contributed by atoms with Crippen LogP contribution >= 0.6 is 0 Å². The number of carbonyl (C=O) groups excluding carboxylic acids is 1. The lowest BCUT2D eigenvalue weighted by Gasteiger charge is -2.03. The van der Waals surface area contributed by atoms with Crippen LogP contribution in [0.4, 0.5) is 0 Å². The number of esters is 1. The Labute approximate surface area is 73.9 Å². The normalized spacial score (nSPS) is 11.5. The molecule has 0 bridgehead atoms. The van der Waals surface area contributed by atoms with E-state index >= 15 is 0 Å². The van der Waals surface area contributed by atoms with Crippen molar-refractivity contribution in [3.63, 3.8) is 0 Å². The van der Waals surface area contributed by atoms with E-state index in [2.05, 4.69) is 11.3 Å². The summed E-state index contributed by atoms with van der Waals surface area (Å²) < 4.78 is 4.61. The van der Waals surface area contributed by atoms with Crippen molar-refractivity contribution in [1.82, 2.24) is 0 Å². The number of carbonyl (C=O) groups is 1. The van der Waals surface area contributed by atoms with Gasteiger partial charge in [0.25, 0.3) is 0 Å². The Morgan fingerprint density at radius 1 is 1.58 bits per heavy atom. The highest BCUT2D eigenvalue weighted by atomic mass is 16.5. The monoisotopic (exact) mass is 168 g/mol. The molecule has 0 saturated heterocycles. The lowest BCUT2D eigenvalue weighted by molar-refractivity contribution is -0.136. The molecule has 0 unspecified atom stereocenters. The van der Waals surface area contributed by atoms with Crippen LogP contribution in [0.3, 0.4) is 0 Å². The van der Waals surface area contributed by atoms with Crippen molar-refractivity contribution < 1.29 is 9.53 Å². The Balaban J connectivity index is 4.41. The topological polar surface area (TPSA) is 26.3 Å². The van der Waals surface area contributed by atoms with Gasteiger partial charge in [-0.2, -0.15) is 0 Å². The predicted molar refractivity (Wildman–Crippen MR) is 49.8 cm³/mol. The number of ether oxygens (including phenoxy) is 1. The van der Waals surface area contributed by atoms with E-state index in [9.17, 15) is 4.79 Å². The van der Waals surface area contributed by atoms with Gasteiger partial charge >= 0.3 is 5.97 Å². The van der Waals surface area contributed by atoms with Crippen molar-refractivity contribution in [2.75, 3.05) is 7.11 Å². The zero-order valence-electron chi connectivity index (χ0n) is 7.96. The molecule has 0 N–H and O–H groups in total. The summed E-state index contributed by atoms with van der Waals surface area (Å²) in [5.41, 5.74) is 0.683. The predicted octanol–water partition coefficient (Wildman–Crippen LogP) is 2.32. The van der Waals surface area contributed by atoms with E-state index in [-0.39, 0.29) is 5.97 Å². The first-order valence-corrected chi connectivity index (χ1v) is 4.01. The Bertz CT molecular complexity index is 190. The Kier molecular flexibility index (Phi) is 5.09. The Hall–Kier alpha value is -1.05. The van der Waals surface area contributed by atoms with Crippen LogP contribution in [0.15, 0.2) is 24.3 Å². The Morgan fingerprint density at radius 3 is 2.50 bits per heavy atom. The third kappa shape index (κ3) is 3.96. The SMILES string of the molecule is C=CC/C(=C\C(C)C)C(=O)OC. The van der Waals surface area contributed by atoms with Gasteiger partial charge in [0.1, 0.15) is 0 Å². The molecule has 0 aromatic carbocycles. The lowest BCUT2D eigenvalue weighted by Crippen LogP contribution is -2.05. The highest BCUT2D eigenvalue weighted by Gasteiger charge is 2.07. The number of hydrogen-bond acceptors (Lipinski definition) is 2. The van der Waals surface area contributed by atoms with E-state index < -0.39 is 0 Å². The number of methoxy groups -OCH3 is 1. The summed E-state index contributed by atoms with van der Waals surface area (Å²) in [5.74, 6) is 0.0997. The molecular formula is C10H16O2. The van der Waals surface area contributed by atoms with Crippen LogP contribution in [-0.2, 0) is 9.53 Å². The fourth-order valence-corrected chi connectivity index (χ4v) is 0.908. The molecule has 0 aromatic rings. The number of rotatable bonds is 4. The van der Waals surface area contributed by atoms with Gasteiger partial charge in [0.2, 0.25) is 0 Å². The molecule has 0 saturated carbocycles. The van der Waals surface area contributed by atoms with E-state index in [0.29, 0.717) is 17.9 Å². The molecule has 2 heteroatoms. The summed E-state index contributed by atoms with van der Waals surface area (Å²) in [6.07, 6.45) is 4.17. The molecule has 2 nitrogen and oxygen atoms in total. The maximum atomic E-state index is 11.1. The quantitative estimate of drug-likeness (QED) is 0.366. The van der Waals surface area contributed by atoms with Crippen LogP contribution in [-0.4, -0.2) is 13.1 Å². The van der Waals surface area contributed by atoms with Crippen molar-refractivity contribution in [2.24, 2.45) is 5.92 Å². The minimum atomic E-state index is -0.261. The van der Waals surface area contributed by atoms with E-state index in [1.54, 1.807) is 6.08 Å². The van der Waals surface area contributed by atoms with Gasteiger partial charge in [-0.3, -0.25) is 0 Å². The van der Waals surface area contributed by atoms with Gasteiger partial charge < -0.3 is 4.74 Å². The first-order valence-electron chi connectivity index (χ1n) is 4.01. The van der Waals surface area contributed by atoms with Gasteiger partial charge in [-0.15, -0.1) is 6.58 Å². The third-order valence-corrected chi connectivity index (χ3v) is 1.35. The van der Waals surface area contributed by atoms with Crippen LogP contribution in [0, 0.1) is 5.92 Å². The van der Waals surface area contributed by atoms with Gasteiger partial charge in [0.15, 0.2) is 0 Å². The summed E-state index contributed by atoms with van der Waals surface area (Å²) >= 11 is 0. The third-order valence-electron chi connectivity index (χ3n) is 1.35. The minimum absolute atomic E-state index is 0.261. The molecule has 0 atom stereocenters. The minimum Gasteiger partial charge on any atom is -0.466 e. The molecule has 0 spiro atoms. The number of hydrogen-bond donors (Lipinski definition) is 0. The average Bonchev–Trinajstić information content (AvgIpc) is 2.01. The highest BCUT2D eigenvalue weighted by molar-refractivity contribution is 5.88. The largest absolute Gasteiger partial charge is 0.466 e. The molecule has 12 heavy (non-hydrogen) atoms. The zero-order valence-corrected chi connectivity index (χ0v) is 7.96. The second-order valence-electron chi connectivity index (χ2n) is 2.92. The van der Waals surface area contributed by atoms with Gasteiger partial charge in [0.05, 0.1) is 7.11 Å². The maximum Gasteiger partial charge on any atom is 0.333 e. The standard InChI is InChI=1S/C10H16O2/c1-5-6-9(7-8(2)3)10(11)12-4/h5,7-8H,1,6H2,2-4H3/b9-7+. The molecule has 0 rings (SSSR count). The van der Waals surface area contributed by atoms with Crippen LogP contribution in [0.2, 0.25) is 0 Å². The van der Waals surface area contributed by atoms with Crippen molar-refractivity contribution in [3.8, 4) is 0 Å². The molecule has 0 aliphatic heterocycles.